The Morgan fingerprint density at radius 3 is 2.73 bits per heavy atom. The van der Waals surface area contributed by atoms with Crippen LogP contribution >= 0.6 is 0 Å². The van der Waals surface area contributed by atoms with Crippen LogP contribution < -0.4 is 5.32 Å². The Labute approximate surface area is 96.0 Å². The lowest BCUT2D eigenvalue weighted by atomic mass is 9.92. The molecule has 0 radical (unpaired) electrons. The van der Waals surface area contributed by atoms with Gasteiger partial charge in [0.05, 0.1) is 0 Å². The summed E-state index contributed by atoms with van der Waals surface area (Å²) in [6.45, 7) is 7.27. The summed E-state index contributed by atoms with van der Waals surface area (Å²) in [5.41, 5.74) is 0. The molecular formula is C14H29N. The molecular weight excluding hydrogens is 182 g/mol. The quantitative estimate of drug-likeness (QED) is 0.599. The molecule has 1 nitrogen and oxygen atoms in total. The number of unbranched alkanes of at least 4 members (excludes halogenated alkanes) is 3. The molecule has 0 amide bonds. The van der Waals surface area contributed by atoms with Gasteiger partial charge in [0.1, 0.15) is 0 Å². The van der Waals surface area contributed by atoms with Gasteiger partial charge in [0.15, 0.2) is 0 Å². The zero-order valence-electron chi connectivity index (χ0n) is 10.7. The molecule has 1 N–H and O–H groups in total. The lowest BCUT2D eigenvalue weighted by molar-refractivity contribution is 0.398. The second kappa shape index (κ2) is 8.15. The molecule has 15 heavy (non-hydrogen) atoms. The molecule has 1 heterocycles. The molecule has 1 aliphatic rings. The standard InChI is InChI=1S/C14H29N/c1-3-4-5-6-7-13(2)8-9-14-10-11-15-12-14/h13-15H,3-12H2,1-2H3. The summed E-state index contributed by atoms with van der Waals surface area (Å²) in [6, 6.07) is 0. The first kappa shape index (κ1) is 13.0. The highest BCUT2D eigenvalue weighted by Crippen LogP contribution is 2.21. The van der Waals surface area contributed by atoms with E-state index in [-0.39, 0.29) is 0 Å². The van der Waals surface area contributed by atoms with E-state index >= 15 is 0 Å². The second-order valence-corrected chi connectivity index (χ2v) is 5.39. The van der Waals surface area contributed by atoms with Crippen molar-refractivity contribution >= 4 is 0 Å². The van der Waals surface area contributed by atoms with Crippen LogP contribution in [0.2, 0.25) is 0 Å². The van der Waals surface area contributed by atoms with E-state index in [1.54, 1.807) is 0 Å². The third kappa shape index (κ3) is 6.19. The van der Waals surface area contributed by atoms with Crippen molar-refractivity contribution in [1.29, 1.82) is 0 Å². The summed E-state index contributed by atoms with van der Waals surface area (Å²) in [7, 11) is 0. The van der Waals surface area contributed by atoms with Crippen LogP contribution in [-0.4, -0.2) is 13.1 Å². The Balaban J connectivity index is 1.90. The monoisotopic (exact) mass is 211 g/mol. The first-order valence-corrected chi connectivity index (χ1v) is 7.03. The van der Waals surface area contributed by atoms with Gasteiger partial charge >= 0.3 is 0 Å². The fourth-order valence-electron chi connectivity index (χ4n) is 2.54. The topological polar surface area (TPSA) is 12.0 Å². The fraction of sp³-hybridized carbons (Fsp3) is 1.00. The molecule has 2 unspecified atom stereocenters. The highest BCUT2D eigenvalue weighted by Gasteiger charge is 2.14. The van der Waals surface area contributed by atoms with Crippen molar-refractivity contribution in [3.63, 3.8) is 0 Å². The Morgan fingerprint density at radius 2 is 2.07 bits per heavy atom. The van der Waals surface area contributed by atoms with E-state index in [9.17, 15) is 0 Å². The van der Waals surface area contributed by atoms with Gasteiger partial charge in [-0.1, -0.05) is 52.4 Å². The molecule has 0 aromatic heterocycles. The normalized spacial score (nSPS) is 23.2. The van der Waals surface area contributed by atoms with Gasteiger partial charge in [0.2, 0.25) is 0 Å². The Bertz CT molecular complexity index is 138. The molecule has 90 valence electrons. The van der Waals surface area contributed by atoms with Gasteiger partial charge < -0.3 is 5.32 Å². The van der Waals surface area contributed by atoms with E-state index in [0.717, 1.165) is 11.8 Å². The van der Waals surface area contributed by atoms with E-state index in [1.807, 2.05) is 0 Å². The van der Waals surface area contributed by atoms with Gasteiger partial charge in [-0.25, -0.2) is 0 Å². The number of hydrogen-bond donors (Lipinski definition) is 1. The Hall–Kier alpha value is -0.0400. The summed E-state index contributed by atoms with van der Waals surface area (Å²) < 4.78 is 0. The Morgan fingerprint density at radius 1 is 1.20 bits per heavy atom. The van der Waals surface area contributed by atoms with E-state index in [4.69, 9.17) is 0 Å². The van der Waals surface area contributed by atoms with Crippen molar-refractivity contribution in [2.24, 2.45) is 11.8 Å². The van der Waals surface area contributed by atoms with Crippen molar-refractivity contribution in [1.82, 2.24) is 5.32 Å². The maximum atomic E-state index is 3.46. The minimum atomic E-state index is 0.961. The van der Waals surface area contributed by atoms with Gasteiger partial charge in [-0.15, -0.1) is 0 Å². The molecule has 0 bridgehead atoms. The lowest BCUT2D eigenvalue weighted by Gasteiger charge is -2.13. The van der Waals surface area contributed by atoms with Crippen LogP contribution in [0.5, 0.6) is 0 Å². The van der Waals surface area contributed by atoms with Crippen molar-refractivity contribution < 1.29 is 0 Å². The maximum absolute atomic E-state index is 3.46. The summed E-state index contributed by atoms with van der Waals surface area (Å²) in [4.78, 5) is 0. The summed E-state index contributed by atoms with van der Waals surface area (Å²) >= 11 is 0. The molecule has 0 aliphatic carbocycles. The van der Waals surface area contributed by atoms with Gasteiger partial charge in [0.25, 0.3) is 0 Å². The van der Waals surface area contributed by atoms with Crippen LogP contribution in [0.4, 0.5) is 0 Å². The number of hydrogen-bond acceptors (Lipinski definition) is 1. The summed E-state index contributed by atoms with van der Waals surface area (Å²) in [5.74, 6) is 1.95. The van der Waals surface area contributed by atoms with Crippen molar-refractivity contribution in [3.8, 4) is 0 Å². The SMILES string of the molecule is CCCCCCC(C)CCC1CCNC1. The predicted molar refractivity (Wildman–Crippen MR) is 68.1 cm³/mol. The van der Waals surface area contributed by atoms with Crippen LogP contribution in [0, 0.1) is 11.8 Å². The lowest BCUT2D eigenvalue weighted by Crippen LogP contribution is -2.09. The van der Waals surface area contributed by atoms with Crippen LogP contribution in [0.25, 0.3) is 0 Å². The third-order valence-corrected chi connectivity index (χ3v) is 3.78. The fourth-order valence-corrected chi connectivity index (χ4v) is 2.54. The minimum absolute atomic E-state index is 0.961. The molecule has 0 spiro atoms. The van der Waals surface area contributed by atoms with E-state index in [0.29, 0.717) is 0 Å². The van der Waals surface area contributed by atoms with Crippen LogP contribution in [-0.2, 0) is 0 Å². The summed E-state index contributed by atoms with van der Waals surface area (Å²) in [5, 5.41) is 3.46. The van der Waals surface area contributed by atoms with Gasteiger partial charge in [-0.05, 0) is 37.8 Å². The first-order valence-electron chi connectivity index (χ1n) is 7.03. The van der Waals surface area contributed by atoms with Gasteiger partial charge in [0, 0.05) is 0 Å². The highest BCUT2D eigenvalue weighted by molar-refractivity contribution is 4.71. The molecule has 0 saturated carbocycles. The molecule has 1 heteroatoms. The molecule has 1 rings (SSSR count). The highest BCUT2D eigenvalue weighted by atomic mass is 14.9. The van der Waals surface area contributed by atoms with E-state index < -0.39 is 0 Å². The maximum Gasteiger partial charge on any atom is -0.00200 e. The number of nitrogens with one attached hydrogen (secondary N) is 1. The molecule has 1 saturated heterocycles. The van der Waals surface area contributed by atoms with Crippen molar-refractivity contribution in [2.75, 3.05) is 13.1 Å². The molecule has 0 aromatic rings. The van der Waals surface area contributed by atoms with Crippen LogP contribution in [0.1, 0.15) is 65.2 Å². The average Bonchev–Trinajstić information content (AvgIpc) is 2.74. The third-order valence-electron chi connectivity index (χ3n) is 3.78. The second-order valence-electron chi connectivity index (χ2n) is 5.39. The smallest absolute Gasteiger partial charge is 0.00200 e. The zero-order chi connectivity index (χ0) is 10.9. The first-order chi connectivity index (χ1) is 7.33. The van der Waals surface area contributed by atoms with Gasteiger partial charge in [-0.2, -0.15) is 0 Å². The molecule has 2 atom stereocenters. The van der Waals surface area contributed by atoms with Crippen LogP contribution in [0.15, 0.2) is 0 Å². The predicted octanol–water partition coefficient (Wildman–Crippen LogP) is 3.98. The van der Waals surface area contributed by atoms with Crippen LogP contribution in [0.3, 0.4) is 0 Å². The number of rotatable bonds is 8. The summed E-state index contributed by atoms with van der Waals surface area (Å²) in [6.07, 6.45) is 11.5. The van der Waals surface area contributed by atoms with Crippen molar-refractivity contribution in [2.45, 2.75) is 65.2 Å². The average molecular weight is 211 g/mol. The van der Waals surface area contributed by atoms with E-state index in [2.05, 4.69) is 19.2 Å². The van der Waals surface area contributed by atoms with Crippen molar-refractivity contribution in [3.05, 3.63) is 0 Å². The molecule has 1 fully saturated rings. The Kier molecular flexibility index (Phi) is 7.08. The van der Waals surface area contributed by atoms with E-state index in [1.165, 1.54) is 64.5 Å². The minimum Gasteiger partial charge on any atom is -0.316 e. The largest absolute Gasteiger partial charge is 0.316 e. The molecule has 0 aromatic carbocycles. The molecule has 1 aliphatic heterocycles. The zero-order valence-corrected chi connectivity index (χ0v) is 10.7. The van der Waals surface area contributed by atoms with Gasteiger partial charge in [-0.3, -0.25) is 0 Å².